The molecule has 0 saturated heterocycles. The molecule has 0 saturated carbocycles. The van der Waals surface area contributed by atoms with Crippen LogP contribution in [0, 0.1) is 0 Å². The van der Waals surface area contributed by atoms with E-state index in [-0.39, 0.29) is 6.10 Å². The van der Waals surface area contributed by atoms with Crippen LogP contribution >= 0.6 is 39.1 Å². The lowest BCUT2D eigenvalue weighted by Crippen LogP contribution is -2.18. The van der Waals surface area contributed by atoms with Crippen molar-refractivity contribution in [3.63, 3.8) is 0 Å². The normalized spacial score (nSPS) is 12.2. The van der Waals surface area contributed by atoms with Gasteiger partial charge in [0, 0.05) is 16.6 Å². The first kappa shape index (κ1) is 14.7. The summed E-state index contributed by atoms with van der Waals surface area (Å²) in [6.45, 7) is 0.357. The monoisotopic (exact) mass is 359 g/mol. The van der Waals surface area contributed by atoms with Crippen molar-refractivity contribution in [1.82, 2.24) is 0 Å². The van der Waals surface area contributed by atoms with E-state index in [4.69, 9.17) is 33.7 Å². The molecule has 2 rings (SSSR count). The van der Waals surface area contributed by atoms with Crippen molar-refractivity contribution in [3.8, 4) is 5.75 Å². The van der Waals surface area contributed by atoms with E-state index in [1.807, 2.05) is 24.3 Å². The second kappa shape index (κ2) is 6.62. The maximum Gasteiger partial charge on any atom is 0.136 e. The van der Waals surface area contributed by atoms with Gasteiger partial charge in [-0.25, -0.2) is 0 Å². The van der Waals surface area contributed by atoms with E-state index in [2.05, 4.69) is 15.9 Å². The first-order valence-corrected chi connectivity index (χ1v) is 7.22. The molecule has 0 aromatic heterocycles. The van der Waals surface area contributed by atoms with E-state index < -0.39 is 0 Å². The molecule has 0 radical (unpaired) electrons. The Hall–Kier alpha value is -0.740. The Morgan fingerprint density at radius 2 is 1.84 bits per heavy atom. The Morgan fingerprint density at radius 3 is 2.47 bits per heavy atom. The second-order valence-electron chi connectivity index (χ2n) is 3.97. The lowest BCUT2D eigenvalue weighted by atomic mass is 10.1. The molecule has 1 atom stereocenters. The molecule has 19 heavy (non-hydrogen) atoms. The van der Waals surface area contributed by atoms with Gasteiger partial charge in [-0.1, -0.05) is 35.3 Å². The van der Waals surface area contributed by atoms with E-state index in [0.717, 1.165) is 10.0 Å². The highest BCUT2D eigenvalue weighted by Crippen LogP contribution is 2.31. The van der Waals surface area contributed by atoms with Crippen molar-refractivity contribution in [3.05, 3.63) is 62.5 Å². The quantitative estimate of drug-likeness (QED) is 0.846. The van der Waals surface area contributed by atoms with Crippen molar-refractivity contribution in [2.75, 3.05) is 6.54 Å². The number of ether oxygens (including phenoxy) is 1. The summed E-state index contributed by atoms with van der Waals surface area (Å²) in [5.74, 6) is 0.694. The van der Waals surface area contributed by atoms with Gasteiger partial charge in [0.05, 0.1) is 4.47 Å². The topological polar surface area (TPSA) is 35.2 Å². The van der Waals surface area contributed by atoms with Crippen LogP contribution in [-0.4, -0.2) is 6.54 Å². The summed E-state index contributed by atoms with van der Waals surface area (Å²) in [6, 6.07) is 12.8. The van der Waals surface area contributed by atoms with E-state index in [1.165, 1.54) is 0 Å². The van der Waals surface area contributed by atoms with Gasteiger partial charge in [-0.05, 0) is 51.8 Å². The second-order valence-corrected chi connectivity index (χ2v) is 5.70. The number of nitrogens with two attached hydrogens (primary N) is 1. The van der Waals surface area contributed by atoms with E-state index in [0.29, 0.717) is 22.3 Å². The van der Waals surface area contributed by atoms with Crippen LogP contribution in [0.2, 0.25) is 10.0 Å². The summed E-state index contributed by atoms with van der Waals surface area (Å²) >= 11 is 15.3. The maximum absolute atomic E-state index is 5.98. The van der Waals surface area contributed by atoms with E-state index in [1.54, 1.807) is 18.2 Å². The fourth-order valence-electron chi connectivity index (χ4n) is 1.68. The zero-order valence-electron chi connectivity index (χ0n) is 9.95. The third-order valence-electron chi connectivity index (χ3n) is 2.60. The molecule has 1 unspecified atom stereocenters. The molecule has 0 amide bonds. The average Bonchev–Trinajstić information content (AvgIpc) is 2.38. The third kappa shape index (κ3) is 3.86. The van der Waals surface area contributed by atoms with Gasteiger partial charge >= 0.3 is 0 Å². The molecular weight excluding hydrogens is 349 g/mol. The van der Waals surface area contributed by atoms with Crippen molar-refractivity contribution >= 4 is 39.1 Å². The molecule has 2 aromatic rings. The van der Waals surface area contributed by atoms with Crippen molar-refractivity contribution < 1.29 is 4.74 Å². The largest absolute Gasteiger partial charge is 0.483 e. The van der Waals surface area contributed by atoms with Crippen LogP contribution in [-0.2, 0) is 0 Å². The van der Waals surface area contributed by atoms with Crippen LogP contribution in [0.25, 0.3) is 0 Å². The molecule has 0 aliphatic heterocycles. The highest BCUT2D eigenvalue weighted by molar-refractivity contribution is 9.10. The third-order valence-corrected chi connectivity index (χ3v) is 3.69. The molecule has 5 heteroatoms. The van der Waals surface area contributed by atoms with Gasteiger partial charge in [-0.3, -0.25) is 0 Å². The minimum Gasteiger partial charge on any atom is -0.483 e. The summed E-state index contributed by atoms with van der Waals surface area (Å²) in [7, 11) is 0. The van der Waals surface area contributed by atoms with Crippen LogP contribution in [0.15, 0.2) is 46.9 Å². The molecule has 2 N–H and O–H groups in total. The molecular formula is C14H12BrCl2NO. The average molecular weight is 361 g/mol. The van der Waals surface area contributed by atoms with Crippen molar-refractivity contribution in [1.29, 1.82) is 0 Å². The van der Waals surface area contributed by atoms with E-state index >= 15 is 0 Å². The zero-order chi connectivity index (χ0) is 13.8. The number of halogens is 3. The first-order chi connectivity index (χ1) is 9.10. The molecule has 100 valence electrons. The summed E-state index contributed by atoms with van der Waals surface area (Å²) in [6.07, 6.45) is -0.254. The fourth-order valence-corrected chi connectivity index (χ4v) is 2.66. The van der Waals surface area contributed by atoms with Crippen molar-refractivity contribution in [2.45, 2.75) is 6.10 Å². The summed E-state index contributed by atoms with van der Waals surface area (Å²) < 4.78 is 6.69. The van der Waals surface area contributed by atoms with Gasteiger partial charge < -0.3 is 10.5 Å². The lowest BCUT2D eigenvalue weighted by molar-refractivity contribution is 0.213. The predicted octanol–water partition coefficient (Wildman–Crippen LogP) is 4.83. The number of benzene rings is 2. The molecule has 2 nitrogen and oxygen atoms in total. The van der Waals surface area contributed by atoms with E-state index in [9.17, 15) is 0 Å². The first-order valence-electron chi connectivity index (χ1n) is 5.67. The highest BCUT2D eigenvalue weighted by Gasteiger charge is 2.13. The van der Waals surface area contributed by atoms with Crippen LogP contribution in [0.5, 0.6) is 5.75 Å². The minimum absolute atomic E-state index is 0.254. The fraction of sp³-hybridized carbons (Fsp3) is 0.143. The van der Waals surface area contributed by atoms with Crippen molar-refractivity contribution in [2.24, 2.45) is 5.73 Å². The highest BCUT2D eigenvalue weighted by atomic mass is 79.9. The van der Waals surface area contributed by atoms with Gasteiger partial charge in [0.2, 0.25) is 0 Å². The molecule has 2 aromatic carbocycles. The predicted molar refractivity (Wildman–Crippen MR) is 83.0 cm³/mol. The molecule has 0 heterocycles. The lowest BCUT2D eigenvalue weighted by Gasteiger charge is -2.19. The van der Waals surface area contributed by atoms with Gasteiger partial charge in [-0.2, -0.15) is 0 Å². The molecule has 0 aliphatic rings. The Bertz CT molecular complexity index is 577. The number of hydrogen-bond donors (Lipinski definition) is 1. The van der Waals surface area contributed by atoms with Crippen LogP contribution < -0.4 is 10.5 Å². The van der Waals surface area contributed by atoms with Gasteiger partial charge in [-0.15, -0.1) is 0 Å². The standard InChI is InChI=1S/C14H12BrCl2NO/c15-12-7-11(17)4-5-13(12)19-14(8-18)9-2-1-3-10(16)6-9/h1-7,14H,8,18H2. The number of hydrogen-bond acceptors (Lipinski definition) is 2. The summed E-state index contributed by atoms with van der Waals surface area (Å²) in [4.78, 5) is 0. The van der Waals surface area contributed by atoms with Crippen LogP contribution in [0.4, 0.5) is 0 Å². The maximum atomic E-state index is 5.98. The smallest absolute Gasteiger partial charge is 0.136 e. The zero-order valence-corrected chi connectivity index (χ0v) is 13.0. The Balaban J connectivity index is 2.24. The Morgan fingerprint density at radius 1 is 1.11 bits per heavy atom. The Kier molecular flexibility index (Phi) is 5.11. The molecule has 0 bridgehead atoms. The van der Waals surface area contributed by atoms with Gasteiger partial charge in [0.15, 0.2) is 0 Å². The van der Waals surface area contributed by atoms with Crippen LogP contribution in [0.3, 0.4) is 0 Å². The molecule has 0 fully saturated rings. The summed E-state index contributed by atoms with van der Waals surface area (Å²) in [5, 5.41) is 1.31. The molecule has 0 spiro atoms. The SMILES string of the molecule is NCC(Oc1ccc(Cl)cc1Br)c1cccc(Cl)c1. The van der Waals surface area contributed by atoms with Gasteiger partial charge in [0.25, 0.3) is 0 Å². The summed E-state index contributed by atoms with van der Waals surface area (Å²) in [5.41, 5.74) is 6.71. The Labute approximate surface area is 130 Å². The minimum atomic E-state index is -0.254. The van der Waals surface area contributed by atoms with Gasteiger partial charge in [0.1, 0.15) is 11.9 Å². The molecule has 0 aliphatic carbocycles. The number of rotatable bonds is 4. The van der Waals surface area contributed by atoms with Crippen LogP contribution in [0.1, 0.15) is 11.7 Å².